The van der Waals surface area contributed by atoms with Crippen molar-refractivity contribution in [3.8, 4) is 11.1 Å². The van der Waals surface area contributed by atoms with Gasteiger partial charge in [0.05, 0.1) is 0 Å². The maximum atomic E-state index is 10.9. The average molecular weight is 282 g/mol. The molecule has 3 rings (SSSR count). The van der Waals surface area contributed by atoms with E-state index in [-0.39, 0.29) is 0 Å². The number of carboxylic acid groups (broad SMARTS) is 1. The number of hydrogen-bond acceptors (Lipinski definition) is 4. The van der Waals surface area contributed by atoms with Crippen LogP contribution in [0.2, 0.25) is 0 Å². The predicted molar refractivity (Wildman–Crippen MR) is 78.6 cm³/mol. The van der Waals surface area contributed by atoms with Gasteiger partial charge in [-0.05, 0) is 17.2 Å². The molecule has 0 radical (unpaired) electrons. The third kappa shape index (κ3) is 2.61. The zero-order valence-electron chi connectivity index (χ0n) is 11.2. The van der Waals surface area contributed by atoms with E-state index >= 15 is 0 Å². The van der Waals surface area contributed by atoms with Gasteiger partial charge in [-0.2, -0.15) is 0 Å². The zero-order valence-corrected chi connectivity index (χ0v) is 11.2. The fraction of sp³-hybridized carbons (Fsp3) is 0.133. The molecule has 6 heteroatoms. The van der Waals surface area contributed by atoms with Crippen LogP contribution in [0.3, 0.4) is 0 Å². The van der Waals surface area contributed by atoms with Crippen LogP contribution in [0.25, 0.3) is 22.0 Å². The number of aliphatic carboxylic acids is 1. The van der Waals surface area contributed by atoms with E-state index in [1.54, 1.807) is 18.6 Å². The Morgan fingerprint density at radius 2 is 2.05 bits per heavy atom. The van der Waals surface area contributed by atoms with Gasteiger partial charge in [-0.3, -0.25) is 4.79 Å². The summed E-state index contributed by atoms with van der Waals surface area (Å²) in [5, 5.41) is 9.88. The van der Waals surface area contributed by atoms with E-state index in [4.69, 9.17) is 10.8 Å². The largest absolute Gasteiger partial charge is 0.480 e. The lowest BCUT2D eigenvalue weighted by molar-refractivity contribution is -0.138. The van der Waals surface area contributed by atoms with E-state index in [1.165, 1.54) is 6.33 Å². The summed E-state index contributed by atoms with van der Waals surface area (Å²) in [5.41, 5.74) is 9.35. The van der Waals surface area contributed by atoms with Gasteiger partial charge < -0.3 is 15.8 Å². The Labute approximate surface area is 120 Å². The van der Waals surface area contributed by atoms with Crippen molar-refractivity contribution >= 4 is 16.9 Å². The highest BCUT2D eigenvalue weighted by Crippen LogP contribution is 2.25. The molecule has 1 atom stereocenters. The highest BCUT2D eigenvalue weighted by molar-refractivity contribution is 5.88. The van der Waals surface area contributed by atoms with E-state index < -0.39 is 12.0 Å². The van der Waals surface area contributed by atoms with Crippen LogP contribution in [0.5, 0.6) is 0 Å². The van der Waals surface area contributed by atoms with Crippen molar-refractivity contribution in [3.05, 3.63) is 48.7 Å². The van der Waals surface area contributed by atoms with Crippen LogP contribution in [-0.4, -0.2) is 32.1 Å². The molecule has 21 heavy (non-hydrogen) atoms. The molecule has 0 unspecified atom stereocenters. The summed E-state index contributed by atoms with van der Waals surface area (Å²) in [6.07, 6.45) is 7.08. The molecule has 0 fully saturated rings. The maximum Gasteiger partial charge on any atom is 0.320 e. The third-order valence-electron chi connectivity index (χ3n) is 3.42. The van der Waals surface area contributed by atoms with Crippen molar-refractivity contribution in [1.82, 2.24) is 15.0 Å². The Morgan fingerprint density at radius 1 is 1.29 bits per heavy atom. The normalized spacial score (nSPS) is 12.4. The second kappa shape index (κ2) is 5.34. The number of carbonyl (C=O) groups is 1. The van der Waals surface area contributed by atoms with Crippen LogP contribution >= 0.6 is 0 Å². The number of nitrogens with two attached hydrogens (primary N) is 1. The summed E-state index contributed by atoms with van der Waals surface area (Å²) in [4.78, 5) is 22.0. The number of nitrogens with one attached hydrogen (secondary N) is 1. The molecule has 2 heterocycles. The first-order chi connectivity index (χ1) is 10.1. The molecule has 0 aliphatic carbocycles. The van der Waals surface area contributed by atoms with Crippen molar-refractivity contribution in [3.63, 3.8) is 0 Å². The van der Waals surface area contributed by atoms with E-state index in [9.17, 15) is 4.79 Å². The van der Waals surface area contributed by atoms with Crippen molar-refractivity contribution in [2.24, 2.45) is 5.73 Å². The molecule has 0 amide bonds. The van der Waals surface area contributed by atoms with E-state index in [0.29, 0.717) is 6.42 Å². The molecule has 0 aliphatic heterocycles. The standard InChI is InChI=1S/C15H14N4O2/c16-13(15(20)21)3-10-7-19-14-4-9(1-2-12(10)14)11-5-17-8-18-6-11/h1-2,4-8,13,19H,3,16H2,(H,20,21)/t13-/m0/s1. The number of aromatic amines is 1. The fourth-order valence-corrected chi connectivity index (χ4v) is 2.31. The molecule has 1 aromatic carbocycles. The van der Waals surface area contributed by atoms with Crippen LogP contribution in [0.1, 0.15) is 5.56 Å². The molecule has 6 nitrogen and oxygen atoms in total. The highest BCUT2D eigenvalue weighted by Gasteiger charge is 2.15. The van der Waals surface area contributed by atoms with Crippen molar-refractivity contribution < 1.29 is 9.90 Å². The first kappa shape index (κ1) is 13.3. The summed E-state index contributed by atoms with van der Waals surface area (Å²) < 4.78 is 0. The number of aromatic nitrogens is 3. The Balaban J connectivity index is 1.96. The summed E-state index contributed by atoms with van der Waals surface area (Å²) >= 11 is 0. The molecular weight excluding hydrogens is 268 g/mol. The Kier molecular flexibility index (Phi) is 3.37. The number of H-pyrrole nitrogens is 1. The van der Waals surface area contributed by atoms with Gasteiger partial charge in [0.2, 0.25) is 0 Å². The van der Waals surface area contributed by atoms with Gasteiger partial charge in [0.25, 0.3) is 0 Å². The van der Waals surface area contributed by atoms with Crippen LogP contribution in [0.15, 0.2) is 43.1 Å². The summed E-state index contributed by atoms with van der Waals surface area (Å²) in [6.45, 7) is 0. The monoisotopic (exact) mass is 282 g/mol. The van der Waals surface area contributed by atoms with Crippen LogP contribution in [0.4, 0.5) is 0 Å². The van der Waals surface area contributed by atoms with Gasteiger partial charge in [0, 0.05) is 41.5 Å². The minimum atomic E-state index is -0.998. The first-order valence-electron chi connectivity index (χ1n) is 6.49. The second-order valence-electron chi connectivity index (χ2n) is 4.85. The molecule has 3 aromatic rings. The number of fused-ring (bicyclic) bond motifs is 1. The van der Waals surface area contributed by atoms with Gasteiger partial charge in [-0.25, -0.2) is 9.97 Å². The fourth-order valence-electron chi connectivity index (χ4n) is 2.31. The first-order valence-corrected chi connectivity index (χ1v) is 6.49. The quantitative estimate of drug-likeness (QED) is 0.673. The molecular formula is C15H14N4O2. The van der Waals surface area contributed by atoms with Gasteiger partial charge in [-0.15, -0.1) is 0 Å². The van der Waals surface area contributed by atoms with Crippen molar-refractivity contribution in [2.75, 3.05) is 0 Å². The Bertz CT molecular complexity index is 783. The van der Waals surface area contributed by atoms with Crippen LogP contribution in [-0.2, 0) is 11.2 Å². The molecule has 4 N–H and O–H groups in total. The molecule has 0 saturated carbocycles. The Hall–Kier alpha value is -2.73. The molecule has 0 saturated heterocycles. The summed E-state index contributed by atoms with van der Waals surface area (Å²) in [5.74, 6) is -0.998. The predicted octanol–water partition coefficient (Wildman–Crippen LogP) is 1.58. The van der Waals surface area contributed by atoms with Crippen LogP contribution in [0, 0.1) is 0 Å². The van der Waals surface area contributed by atoms with Crippen molar-refractivity contribution in [1.29, 1.82) is 0 Å². The van der Waals surface area contributed by atoms with E-state index in [1.807, 2.05) is 18.2 Å². The number of benzene rings is 1. The van der Waals surface area contributed by atoms with Gasteiger partial charge in [-0.1, -0.05) is 12.1 Å². The molecule has 0 spiro atoms. The SMILES string of the molecule is N[C@@H](Cc1c[nH]c2cc(-c3cncnc3)ccc12)C(=O)O. The summed E-state index contributed by atoms with van der Waals surface area (Å²) in [7, 11) is 0. The van der Waals surface area contributed by atoms with E-state index in [0.717, 1.165) is 27.6 Å². The number of hydrogen-bond donors (Lipinski definition) is 3. The van der Waals surface area contributed by atoms with Gasteiger partial charge in [0.1, 0.15) is 12.4 Å². The summed E-state index contributed by atoms with van der Waals surface area (Å²) in [6, 6.07) is 5.01. The van der Waals surface area contributed by atoms with Gasteiger partial charge >= 0.3 is 5.97 Å². The maximum absolute atomic E-state index is 10.9. The number of rotatable bonds is 4. The van der Waals surface area contributed by atoms with Crippen molar-refractivity contribution in [2.45, 2.75) is 12.5 Å². The highest BCUT2D eigenvalue weighted by atomic mass is 16.4. The zero-order chi connectivity index (χ0) is 14.8. The molecule has 2 aromatic heterocycles. The lowest BCUT2D eigenvalue weighted by Crippen LogP contribution is -2.32. The molecule has 0 bridgehead atoms. The average Bonchev–Trinajstić information content (AvgIpc) is 2.90. The van der Waals surface area contributed by atoms with Crippen LogP contribution < -0.4 is 5.73 Å². The number of nitrogens with zero attached hydrogens (tertiary/aromatic N) is 2. The van der Waals surface area contributed by atoms with Gasteiger partial charge in [0.15, 0.2) is 0 Å². The molecule has 0 aliphatic rings. The number of carboxylic acids is 1. The Morgan fingerprint density at radius 3 is 2.76 bits per heavy atom. The van der Waals surface area contributed by atoms with E-state index in [2.05, 4.69) is 15.0 Å². The topological polar surface area (TPSA) is 105 Å². The smallest absolute Gasteiger partial charge is 0.320 e. The molecule has 106 valence electrons. The second-order valence-corrected chi connectivity index (χ2v) is 4.85. The minimum absolute atomic E-state index is 0.295. The minimum Gasteiger partial charge on any atom is -0.480 e. The third-order valence-corrected chi connectivity index (χ3v) is 3.42. The lowest BCUT2D eigenvalue weighted by Gasteiger charge is -2.05. The lowest BCUT2D eigenvalue weighted by atomic mass is 10.0.